The van der Waals surface area contributed by atoms with E-state index in [1.807, 2.05) is 38.1 Å². The van der Waals surface area contributed by atoms with Gasteiger partial charge in [-0.3, -0.25) is 19.1 Å². The van der Waals surface area contributed by atoms with Crippen LogP contribution in [0.25, 0.3) is 11.5 Å². The van der Waals surface area contributed by atoms with Crippen LogP contribution in [-0.4, -0.2) is 32.2 Å². The predicted octanol–water partition coefficient (Wildman–Crippen LogP) is 2.26. The molecule has 10 heteroatoms. The summed E-state index contributed by atoms with van der Waals surface area (Å²) in [5.41, 5.74) is 6.77. The highest BCUT2D eigenvalue weighted by Crippen LogP contribution is 2.21. The van der Waals surface area contributed by atoms with Crippen molar-refractivity contribution in [1.29, 1.82) is 0 Å². The zero-order chi connectivity index (χ0) is 23.3. The minimum atomic E-state index is -0.685. The van der Waals surface area contributed by atoms with Crippen LogP contribution >= 0.6 is 0 Å². The second kappa shape index (κ2) is 10.1. The Balaban J connectivity index is 1.77. The van der Waals surface area contributed by atoms with Gasteiger partial charge in [-0.15, -0.1) is 10.2 Å². The number of benzene rings is 1. The van der Waals surface area contributed by atoms with Gasteiger partial charge in [0.1, 0.15) is 5.82 Å². The molecule has 3 N–H and O–H groups in total. The molecule has 0 saturated heterocycles. The Morgan fingerprint density at radius 3 is 2.56 bits per heavy atom. The van der Waals surface area contributed by atoms with Crippen molar-refractivity contribution in [3.8, 4) is 11.5 Å². The number of nitrogen functional groups attached to an aromatic ring is 1. The Hall–Kier alpha value is -3.69. The molecule has 0 spiro atoms. The first-order valence-electron chi connectivity index (χ1n) is 10.7. The first-order valence-corrected chi connectivity index (χ1v) is 10.7. The molecular formula is C22H28N6O4. The van der Waals surface area contributed by atoms with E-state index in [4.69, 9.17) is 10.2 Å². The number of unbranched alkanes of at least 4 members (excludes halogenated alkanes) is 1. The molecule has 3 aromatic rings. The van der Waals surface area contributed by atoms with E-state index < -0.39 is 11.2 Å². The minimum Gasteiger partial charge on any atom is -0.421 e. The van der Waals surface area contributed by atoms with E-state index in [-0.39, 0.29) is 36.8 Å². The molecule has 10 nitrogen and oxygen atoms in total. The molecule has 32 heavy (non-hydrogen) atoms. The highest BCUT2D eigenvalue weighted by atomic mass is 16.4. The summed E-state index contributed by atoms with van der Waals surface area (Å²) < 4.78 is 6.97. The first-order chi connectivity index (χ1) is 15.3. The van der Waals surface area contributed by atoms with Gasteiger partial charge in [0.2, 0.25) is 17.7 Å². The number of aryl methyl sites for hydroxylation is 2. The lowest BCUT2D eigenvalue weighted by molar-refractivity contribution is -0.118. The van der Waals surface area contributed by atoms with E-state index in [1.54, 1.807) is 6.92 Å². The van der Waals surface area contributed by atoms with E-state index >= 15 is 0 Å². The fraction of sp³-hybridized carbons (Fsp3) is 0.409. The Labute approximate surface area is 185 Å². The number of rotatable bonds is 9. The van der Waals surface area contributed by atoms with Crippen molar-refractivity contribution in [3.63, 3.8) is 0 Å². The van der Waals surface area contributed by atoms with Crippen molar-refractivity contribution >= 4 is 17.4 Å². The quantitative estimate of drug-likeness (QED) is 0.520. The lowest BCUT2D eigenvalue weighted by Gasteiger charge is -2.23. The summed E-state index contributed by atoms with van der Waals surface area (Å²) in [6.45, 7) is 6.29. The zero-order valence-corrected chi connectivity index (χ0v) is 18.6. The second-order valence-corrected chi connectivity index (χ2v) is 7.50. The summed E-state index contributed by atoms with van der Waals surface area (Å²) >= 11 is 0. The van der Waals surface area contributed by atoms with Crippen molar-refractivity contribution in [3.05, 3.63) is 56.6 Å². The summed E-state index contributed by atoms with van der Waals surface area (Å²) in [6, 6.07) is 7.67. The smallest absolute Gasteiger partial charge is 0.330 e. The SMILES string of the molecule is CCCCn1c(N)c(N(CC)C(=O)CCc2nnc(-c3ccc(C)cc3)o2)c(=O)[nH]c1=O. The average Bonchev–Trinajstić information content (AvgIpc) is 3.24. The van der Waals surface area contributed by atoms with Crippen LogP contribution < -0.4 is 21.9 Å². The number of anilines is 2. The van der Waals surface area contributed by atoms with Crippen molar-refractivity contribution < 1.29 is 9.21 Å². The number of H-pyrrole nitrogens is 1. The Morgan fingerprint density at radius 2 is 1.91 bits per heavy atom. The molecule has 170 valence electrons. The standard InChI is InChI=1S/C22H28N6O4/c1-4-6-13-28-19(23)18(20(30)24-22(28)31)27(5-2)17(29)12-11-16-25-26-21(32-16)15-9-7-14(3)8-10-15/h7-10H,4-6,11-13,23H2,1-3H3,(H,24,30,31). The maximum atomic E-state index is 12.9. The van der Waals surface area contributed by atoms with Gasteiger partial charge in [-0.1, -0.05) is 31.0 Å². The van der Waals surface area contributed by atoms with Crippen LogP contribution in [-0.2, 0) is 17.8 Å². The monoisotopic (exact) mass is 440 g/mol. The van der Waals surface area contributed by atoms with Crippen LogP contribution in [0.5, 0.6) is 0 Å². The molecular weight excluding hydrogens is 412 g/mol. The Kier molecular flexibility index (Phi) is 7.24. The second-order valence-electron chi connectivity index (χ2n) is 7.50. The number of aromatic amines is 1. The number of amides is 1. The number of carbonyl (C=O) groups excluding carboxylic acids is 1. The van der Waals surface area contributed by atoms with Gasteiger partial charge in [-0.25, -0.2) is 4.79 Å². The van der Waals surface area contributed by atoms with Crippen molar-refractivity contribution in [1.82, 2.24) is 19.7 Å². The molecule has 0 aliphatic rings. The van der Waals surface area contributed by atoms with Gasteiger partial charge in [0.15, 0.2) is 5.69 Å². The number of nitrogens with one attached hydrogen (secondary N) is 1. The molecule has 3 rings (SSSR count). The highest BCUT2D eigenvalue weighted by molar-refractivity contribution is 5.95. The summed E-state index contributed by atoms with van der Waals surface area (Å²) in [5.74, 6) is 0.352. The van der Waals surface area contributed by atoms with Crippen LogP contribution in [0.2, 0.25) is 0 Å². The molecule has 2 aromatic heterocycles. The third kappa shape index (κ3) is 4.96. The van der Waals surface area contributed by atoms with E-state index in [1.165, 1.54) is 9.47 Å². The fourth-order valence-electron chi connectivity index (χ4n) is 3.35. The number of aromatic nitrogens is 4. The van der Waals surface area contributed by atoms with E-state index in [2.05, 4.69) is 15.2 Å². The molecule has 0 aliphatic carbocycles. The molecule has 0 radical (unpaired) electrons. The summed E-state index contributed by atoms with van der Waals surface area (Å²) in [6.07, 6.45) is 1.82. The summed E-state index contributed by atoms with van der Waals surface area (Å²) in [4.78, 5) is 41.1. The van der Waals surface area contributed by atoms with E-state index in [0.717, 1.165) is 24.0 Å². The van der Waals surface area contributed by atoms with Crippen LogP contribution in [0.4, 0.5) is 11.5 Å². The third-order valence-corrected chi connectivity index (χ3v) is 5.15. The average molecular weight is 441 g/mol. The van der Waals surface area contributed by atoms with E-state index in [9.17, 15) is 14.4 Å². The summed E-state index contributed by atoms with van der Waals surface area (Å²) in [7, 11) is 0. The largest absolute Gasteiger partial charge is 0.421 e. The fourth-order valence-corrected chi connectivity index (χ4v) is 3.35. The van der Waals surface area contributed by atoms with Gasteiger partial charge in [0, 0.05) is 31.5 Å². The van der Waals surface area contributed by atoms with Gasteiger partial charge in [0.05, 0.1) is 0 Å². The molecule has 0 aliphatic heterocycles. The van der Waals surface area contributed by atoms with Gasteiger partial charge in [0.25, 0.3) is 5.56 Å². The number of nitrogens with two attached hydrogens (primary N) is 1. The molecule has 2 heterocycles. The number of carbonyl (C=O) groups is 1. The van der Waals surface area contributed by atoms with E-state index in [0.29, 0.717) is 18.3 Å². The molecule has 1 amide bonds. The van der Waals surface area contributed by atoms with Crippen LogP contribution in [0.3, 0.4) is 0 Å². The van der Waals surface area contributed by atoms with Crippen molar-refractivity contribution in [2.45, 2.75) is 53.0 Å². The first kappa shape index (κ1) is 23.0. The van der Waals surface area contributed by atoms with Gasteiger partial charge in [-0.05, 0) is 32.4 Å². The number of nitrogens with zero attached hydrogens (tertiary/aromatic N) is 4. The van der Waals surface area contributed by atoms with Gasteiger partial charge < -0.3 is 15.1 Å². The molecule has 0 saturated carbocycles. The van der Waals surface area contributed by atoms with Crippen LogP contribution in [0, 0.1) is 6.92 Å². The zero-order valence-electron chi connectivity index (χ0n) is 18.6. The predicted molar refractivity (Wildman–Crippen MR) is 121 cm³/mol. The molecule has 0 atom stereocenters. The topological polar surface area (TPSA) is 140 Å². The number of hydrogen-bond acceptors (Lipinski definition) is 7. The molecule has 1 aromatic carbocycles. The Morgan fingerprint density at radius 1 is 1.19 bits per heavy atom. The van der Waals surface area contributed by atoms with Crippen LogP contribution in [0.15, 0.2) is 38.3 Å². The maximum Gasteiger partial charge on any atom is 0.330 e. The van der Waals surface area contributed by atoms with Crippen molar-refractivity contribution in [2.75, 3.05) is 17.2 Å². The Bertz CT molecular complexity index is 1190. The summed E-state index contributed by atoms with van der Waals surface area (Å²) in [5, 5.41) is 8.05. The molecule has 0 fully saturated rings. The normalized spacial score (nSPS) is 11.0. The van der Waals surface area contributed by atoms with Gasteiger partial charge in [-0.2, -0.15) is 0 Å². The maximum absolute atomic E-state index is 12.9. The molecule has 0 bridgehead atoms. The van der Waals surface area contributed by atoms with Gasteiger partial charge >= 0.3 is 5.69 Å². The highest BCUT2D eigenvalue weighted by Gasteiger charge is 2.23. The number of hydrogen-bond donors (Lipinski definition) is 2. The van der Waals surface area contributed by atoms with Crippen LogP contribution in [0.1, 0.15) is 44.6 Å². The van der Waals surface area contributed by atoms with Crippen molar-refractivity contribution in [2.24, 2.45) is 0 Å². The lowest BCUT2D eigenvalue weighted by Crippen LogP contribution is -2.41. The molecule has 0 unspecified atom stereocenters. The minimum absolute atomic E-state index is 0.0122. The third-order valence-electron chi connectivity index (χ3n) is 5.15. The lowest BCUT2D eigenvalue weighted by atomic mass is 10.1.